The number of nitrogens with two attached hydrogens (primary N) is 2. The fourth-order valence-electron chi connectivity index (χ4n) is 1.28. The minimum Gasteiger partial charge on any atom is -0.369 e. The third-order valence-corrected chi connectivity index (χ3v) is 1.95. The van der Waals surface area contributed by atoms with E-state index in [9.17, 15) is 9.59 Å². The Bertz CT molecular complexity index is 172. The molecule has 0 spiro atoms. The molecular formula is C6H11N3O2. The van der Waals surface area contributed by atoms with Crippen LogP contribution in [0.2, 0.25) is 0 Å². The Morgan fingerprint density at radius 1 is 1.09 bits per heavy atom. The van der Waals surface area contributed by atoms with E-state index in [0.717, 1.165) is 0 Å². The third kappa shape index (κ3) is 1.48. The maximum absolute atomic E-state index is 10.7. The number of rotatable bonds is 2. The molecule has 5 nitrogen and oxygen atoms in total. The number of hydrogen-bond acceptors (Lipinski definition) is 3. The summed E-state index contributed by atoms with van der Waals surface area (Å²) in [6.45, 7) is 0.923. The topological polar surface area (TPSA) is 98.2 Å². The number of primary amides is 2. The lowest BCUT2D eigenvalue weighted by Crippen LogP contribution is -2.36. The summed E-state index contributed by atoms with van der Waals surface area (Å²) in [4.78, 5) is 21.4. The van der Waals surface area contributed by atoms with Crippen molar-refractivity contribution < 1.29 is 9.59 Å². The van der Waals surface area contributed by atoms with Crippen molar-refractivity contribution in [2.45, 2.75) is 0 Å². The molecule has 62 valence electrons. The highest BCUT2D eigenvalue weighted by Gasteiger charge is 2.34. The van der Waals surface area contributed by atoms with Gasteiger partial charge in [0, 0.05) is 13.1 Å². The molecule has 1 rings (SSSR count). The number of carbonyl (C=O) groups excluding carboxylic acids is 2. The van der Waals surface area contributed by atoms with Crippen LogP contribution in [0.1, 0.15) is 0 Å². The molecule has 0 aliphatic carbocycles. The molecule has 1 aliphatic rings. The molecule has 0 aromatic heterocycles. The molecule has 0 bridgehead atoms. The molecule has 1 aliphatic heterocycles. The molecule has 2 atom stereocenters. The summed E-state index contributed by atoms with van der Waals surface area (Å²) in [6, 6.07) is 0. The van der Waals surface area contributed by atoms with Gasteiger partial charge in [0.2, 0.25) is 11.8 Å². The highest BCUT2D eigenvalue weighted by atomic mass is 16.2. The predicted molar refractivity (Wildman–Crippen MR) is 38.2 cm³/mol. The molecule has 1 fully saturated rings. The molecule has 0 saturated carbocycles. The van der Waals surface area contributed by atoms with Gasteiger partial charge in [0.1, 0.15) is 0 Å². The summed E-state index contributed by atoms with van der Waals surface area (Å²) in [5.41, 5.74) is 10.1. The number of nitrogens with one attached hydrogen (secondary N) is 1. The Morgan fingerprint density at radius 2 is 1.45 bits per heavy atom. The second kappa shape index (κ2) is 2.87. The van der Waals surface area contributed by atoms with Gasteiger partial charge in [-0.15, -0.1) is 0 Å². The van der Waals surface area contributed by atoms with Gasteiger partial charge in [-0.25, -0.2) is 0 Å². The van der Waals surface area contributed by atoms with Crippen LogP contribution in [0, 0.1) is 11.8 Å². The van der Waals surface area contributed by atoms with Gasteiger partial charge < -0.3 is 16.8 Å². The van der Waals surface area contributed by atoms with E-state index in [-0.39, 0.29) is 0 Å². The molecule has 1 saturated heterocycles. The van der Waals surface area contributed by atoms with Crippen molar-refractivity contribution >= 4 is 11.8 Å². The van der Waals surface area contributed by atoms with Crippen molar-refractivity contribution in [3.8, 4) is 0 Å². The Labute approximate surface area is 64.1 Å². The second-order valence-electron chi connectivity index (χ2n) is 2.68. The van der Waals surface area contributed by atoms with Gasteiger partial charge >= 0.3 is 0 Å². The zero-order chi connectivity index (χ0) is 8.43. The smallest absolute Gasteiger partial charge is 0.222 e. The van der Waals surface area contributed by atoms with Crippen LogP contribution < -0.4 is 16.8 Å². The number of carbonyl (C=O) groups is 2. The Balaban J connectivity index is 2.65. The zero-order valence-corrected chi connectivity index (χ0v) is 6.04. The van der Waals surface area contributed by atoms with Gasteiger partial charge in [0.25, 0.3) is 0 Å². The Kier molecular flexibility index (Phi) is 2.09. The van der Waals surface area contributed by atoms with Crippen LogP contribution in [0.15, 0.2) is 0 Å². The second-order valence-corrected chi connectivity index (χ2v) is 2.68. The van der Waals surface area contributed by atoms with Crippen molar-refractivity contribution in [1.82, 2.24) is 5.32 Å². The fourth-order valence-corrected chi connectivity index (χ4v) is 1.28. The van der Waals surface area contributed by atoms with Crippen LogP contribution in [-0.4, -0.2) is 24.9 Å². The van der Waals surface area contributed by atoms with E-state index in [4.69, 9.17) is 11.5 Å². The first-order valence-electron chi connectivity index (χ1n) is 3.42. The standard InChI is InChI=1S/C6H11N3O2/c7-5(10)3-1-9-2-4(3)6(8)11/h3-4,9H,1-2H2,(H2,7,10)(H2,8,11)/t3-,4+. The van der Waals surface area contributed by atoms with Crippen LogP contribution in [0.4, 0.5) is 0 Å². The average molecular weight is 157 g/mol. The average Bonchev–Trinajstić information content (AvgIpc) is 2.32. The summed E-state index contributed by atoms with van der Waals surface area (Å²) in [5, 5.41) is 2.88. The van der Waals surface area contributed by atoms with Crippen LogP contribution >= 0.6 is 0 Å². The van der Waals surface area contributed by atoms with E-state index < -0.39 is 23.7 Å². The van der Waals surface area contributed by atoms with Crippen molar-refractivity contribution in [3.05, 3.63) is 0 Å². The van der Waals surface area contributed by atoms with Gasteiger partial charge in [0.15, 0.2) is 0 Å². The Morgan fingerprint density at radius 3 is 1.73 bits per heavy atom. The lowest BCUT2D eigenvalue weighted by atomic mass is 9.95. The lowest BCUT2D eigenvalue weighted by molar-refractivity contribution is -0.129. The molecule has 0 unspecified atom stereocenters. The van der Waals surface area contributed by atoms with Gasteiger partial charge in [-0.2, -0.15) is 0 Å². The van der Waals surface area contributed by atoms with Crippen LogP contribution in [-0.2, 0) is 9.59 Å². The van der Waals surface area contributed by atoms with E-state index in [0.29, 0.717) is 13.1 Å². The zero-order valence-electron chi connectivity index (χ0n) is 6.04. The summed E-state index contributed by atoms with van der Waals surface area (Å²) < 4.78 is 0. The van der Waals surface area contributed by atoms with Crippen molar-refractivity contribution in [2.75, 3.05) is 13.1 Å². The largest absolute Gasteiger partial charge is 0.369 e. The first-order valence-corrected chi connectivity index (χ1v) is 3.42. The fraction of sp³-hybridized carbons (Fsp3) is 0.667. The molecule has 2 amide bonds. The quantitative estimate of drug-likeness (QED) is 0.424. The minimum absolute atomic E-state index is 0.424. The van der Waals surface area contributed by atoms with E-state index in [1.807, 2.05) is 0 Å². The van der Waals surface area contributed by atoms with Crippen LogP contribution in [0.3, 0.4) is 0 Å². The maximum Gasteiger partial charge on any atom is 0.222 e. The van der Waals surface area contributed by atoms with E-state index >= 15 is 0 Å². The SMILES string of the molecule is NC(=O)[C@H]1CNC[C@H]1C(N)=O. The molecule has 5 heteroatoms. The van der Waals surface area contributed by atoms with E-state index in [1.54, 1.807) is 0 Å². The predicted octanol–water partition coefficient (Wildman–Crippen LogP) is -2.21. The molecule has 11 heavy (non-hydrogen) atoms. The van der Waals surface area contributed by atoms with E-state index in [1.165, 1.54) is 0 Å². The van der Waals surface area contributed by atoms with Gasteiger partial charge in [-0.05, 0) is 0 Å². The molecular weight excluding hydrogens is 146 g/mol. The first-order chi connectivity index (χ1) is 5.13. The molecule has 0 radical (unpaired) electrons. The van der Waals surface area contributed by atoms with Gasteiger partial charge in [-0.3, -0.25) is 9.59 Å². The first kappa shape index (κ1) is 8.00. The summed E-state index contributed by atoms with van der Waals surface area (Å²) in [6.07, 6.45) is 0. The van der Waals surface area contributed by atoms with Crippen molar-refractivity contribution in [3.63, 3.8) is 0 Å². The van der Waals surface area contributed by atoms with Gasteiger partial charge in [0.05, 0.1) is 11.8 Å². The third-order valence-electron chi connectivity index (χ3n) is 1.95. The molecule has 5 N–H and O–H groups in total. The van der Waals surface area contributed by atoms with Crippen molar-refractivity contribution in [2.24, 2.45) is 23.3 Å². The summed E-state index contributed by atoms with van der Waals surface area (Å²) in [7, 11) is 0. The molecule has 0 aromatic rings. The monoisotopic (exact) mass is 157 g/mol. The van der Waals surface area contributed by atoms with Crippen LogP contribution in [0.25, 0.3) is 0 Å². The normalized spacial score (nSPS) is 30.2. The Hall–Kier alpha value is -1.10. The molecule has 0 aromatic carbocycles. The number of hydrogen-bond donors (Lipinski definition) is 3. The van der Waals surface area contributed by atoms with Gasteiger partial charge in [-0.1, -0.05) is 0 Å². The van der Waals surface area contributed by atoms with Crippen LogP contribution in [0.5, 0.6) is 0 Å². The highest BCUT2D eigenvalue weighted by Crippen LogP contribution is 2.14. The summed E-state index contributed by atoms with van der Waals surface area (Å²) in [5.74, 6) is -1.77. The van der Waals surface area contributed by atoms with E-state index in [2.05, 4.69) is 5.32 Å². The summed E-state index contributed by atoms with van der Waals surface area (Å²) >= 11 is 0. The maximum atomic E-state index is 10.7. The molecule has 1 heterocycles. The highest BCUT2D eigenvalue weighted by molar-refractivity contribution is 5.86. The van der Waals surface area contributed by atoms with Crippen molar-refractivity contribution in [1.29, 1.82) is 0 Å². The lowest BCUT2D eigenvalue weighted by Gasteiger charge is -2.09. The number of amides is 2. The minimum atomic E-state index is -0.459.